The summed E-state index contributed by atoms with van der Waals surface area (Å²) in [5.74, 6) is -1.67. The lowest BCUT2D eigenvalue weighted by Crippen LogP contribution is -2.13. The highest BCUT2D eigenvalue weighted by Gasteiger charge is 2.15. The van der Waals surface area contributed by atoms with Gasteiger partial charge >= 0.3 is 0 Å². The van der Waals surface area contributed by atoms with Crippen molar-refractivity contribution >= 4 is 11.6 Å². The van der Waals surface area contributed by atoms with Gasteiger partial charge in [-0.25, -0.2) is 18.4 Å². The van der Waals surface area contributed by atoms with Crippen LogP contribution in [0.25, 0.3) is 5.69 Å². The van der Waals surface area contributed by atoms with Crippen LogP contribution in [0.1, 0.15) is 10.5 Å². The Balaban J connectivity index is 1.81. The number of carbonyl (C=O) groups excluding carboxylic acids is 1. The van der Waals surface area contributed by atoms with E-state index < -0.39 is 17.5 Å². The first-order valence-electron chi connectivity index (χ1n) is 6.90. The van der Waals surface area contributed by atoms with Crippen LogP contribution >= 0.6 is 0 Å². The number of anilines is 1. The summed E-state index contributed by atoms with van der Waals surface area (Å²) in [4.78, 5) is 16.1. The van der Waals surface area contributed by atoms with Crippen molar-refractivity contribution in [3.8, 4) is 11.6 Å². The quantitative estimate of drug-likeness (QED) is 0.799. The van der Waals surface area contributed by atoms with E-state index in [-0.39, 0.29) is 11.4 Å². The fourth-order valence-corrected chi connectivity index (χ4v) is 2.05. The first-order valence-corrected chi connectivity index (χ1v) is 6.90. The van der Waals surface area contributed by atoms with Crippen molar-refractivity contribution in [2.45, 2.75) is 0 Å². The fraction of sp³-hybridized carbons (Fsp3) is 0.0625. The van der Waals surface area contributed by atoms with E-state index in [1.807, 2.05) is 0 Å². The number of pyridine rings is 1. The molecule has 0 fully saturated rings. The number of hydrogen-bond acceptors (Lipinski definition) is 4. The van der Waals surface area contributed by atoms with Crippen molar-refractivity contribution in [3.63, 3.8) is 0 Å². The molecule has 0 saturated heterocycles. The Bertz CT molecular complexity index is 858. The van der Waals surface area contributed by atoms with Gasteiger partial charge in [-0.15, -0.1) is 0 Å². The number of aromatic nitrogens is 3. The monoisotopic (exact) mass is 330 g/mol. The summed E-state index contributed by atoms with van der Waals surface area (Å²) in [7, 11) is 1.48. The summed E-state index contributed by atoms with van der Waals surface area (Å²) >= 11 is 0. The molecule has 1 N–H and O–H groups in total. The van der Waals surface area contributed by atoms with Crippen LogP contribution in [0.5, 0.6) is 5.88 Å². The summed E-state index contributed by atoms with van der Waals surface area (Å²) in [6.45, 7) is 0. The van der Waals surface area contributed by atoms with E-state index in [0.29, 0.717) is 11.6 Å². The Labute approximate surface area is 135 Å². The first kappa shape index (κ1) is 15.6. The largest absolute Gasteiger partial charge is 0.481 e. The smallest absolute Gasteiger partial charge is 0.276 e. The normalized spacial score (nSPS) is 10.5. The molecule has 0 aliphatic rings. The number of ether oxygens (including phenoxy) is 1. The van der Waals surface area contributed by atoms with Crippen LogP contribution in [0.4, 0.5) is 14.5 Å². The molecule has 1 aromatic carbocycles. The van der Waals surface area contributed by atoms with Crippen LogP contribution in [0.15, 0.2) is 48.8 Å². The number of hydrogen-bond donors (Lipinski definition) is 1. The van der Waals surface area contributed by atoms with Crippen LogP contribution in [0.3, 0.4) is 0 Å². The molecule has 1 amide bonds. The Morgan fingerprint density at radius 1 is 1.17 bits per heavy atom. The summed E-state index contributed by atoms with van der Waals surface area (Å²) in [5.41, 5.74) is 0.101. The Morgan fingerprint density at radius 2 is 1.92 bits per heavy atom. The maximum atomic E-state index is 13.7. The number of rotatable bonds is 4. The lowest BCUT2D eigenvalue weighted by Gasteiger charge is -2.05. The summed E-state index contributed by atoms with van der Waals surface area (Å²) in [6.07, 6.45) is 2.73. The van der Waals surface area contributed by atoms with Gasteiger partial charge in [0.15, 0.2) is 17.3 Å². The summed E-state index contributed by atoms with van der Waals surface area (Å²) < 4.78 is 33.4. The molecule has 0 radical (unpaired) electrons. The second-order valence-corrected chi connectivity index (χ2v) is 4.76. The van der Waals surface area contributed by atoms with Gasteiger partial charge < -0.3 is 10.1 Å². The van der Waals surface area contributed by atoms with Crippen molar-refractivity contribution < 1.29 is 18.3 Å². The molecular weight excluding hydrogens is 318 g/mol. The van der Waals surface area contributed by atoms with Gasteiger partial charge in [-0.2, -0.15) is 5.10 Å². The van der Waals surface area contributed by atoms with Gasteiger partial charge in [0.05, 0.1) is 19.0 Å². The van der Waals surface area contributed by atoms with E-state index in [1.54, 1.807) is 12.1 Å². The second kappa shape index (κ2) is 6.45. The Morgan fingerprint density at radius 3 is 2.54 bits per heavy atom. The van der Waals surface area contributed by atoms with Gasteiger partial charge in [0.2, 0.25) is 5.88 Å². The number of methoxy groups -OCH3 is 1. The van der Waals surface area contributed by atoms with Gasteiger partial charge in [-0.3, -0.25) is 4.79 Å². The number of benzene rings is 1. The zero-order valence-corrected chi connectivity index (χ0v) is 12.5. The van der Waals surface area contributed by atoms with E-state index in [1.165, 1.54) is 31.6 Å². The zero-order chi connectivity index (χ0) is 17.1. The van der Waals surface area contributed by atoms with Gasteiger partial charge in [-0.1, -0.05) is 6.07 Å². The van der Waals surface area contributed by atoms with Crippen LogP contribution in [0, 0.1) is 11.6 Å². The molecule has 0 saturated carbocycles. The SMILES string of the molecule is COc1ccc(NC(=O)c2ccn(-c3c(F)cccc3F)n2)cn1. The third kappa shape index (κ3) is 3.07. The highest BCUT2D eigenvalue weighted by Crippen LogP contribution is 2.17. The molecule has 3 rings (SSSR count). The van der Waals surface area contributed by atoms with E-state index in [2.05, 4.69) is 15.4 Å². The van der Waals surface area contributed by atoms with E-state index >= 15 is 0 Å². The number of nitrogens with one attached hydrogen (secondary N) is 1. The molecule has 24 heavy (non-hydrogen) atoms. The standard InChI is InChI=1S/C16H12F2N4O2/c1-24-14-6-5-10(9-19-14)20-16(23)13-7-8-22(21-13)15-11(17)3-2-4-12(15)18/h2-9H,1H3,(H,20,23). The van der Waals surface area contributed by atoms with Crippen LogP contribution in [-0.4, -0.2) is 27.8 Å². The summed E-state index contributed by atoms with van der Waals surface area (Å²) in [6, 6.07) is 8.03. The molecule has 0 bridgehead atoms. The average Bonchev–Trinajstić information content (AvgIpc) is 3.05. The van der Waals surface area contributed by atoms with Crippen molar-refractivity contribution in [1.29, 1.82) is 0 Å². The summed E-state index contributed by atoms with van der Waals surface area (Å²) in [5, 5.41) is 6.49. The fourth-order valence-electron chi connectivity index (χ4n) is 2.05. The third-order valence-corrected chi connectivity index (χ3v) is 3.19. The maximum absolute atomic E-state index is 13.7. The third-order valence-electron chi connectivity index (χ3n) is 3.19. The van der Waals surface area contributed by atoms with Gasteiger partial charge in [-0.05, 0) is 24.3 Å². The Hall–Kier alpha value is -3.29. The van der Waals surface area contributed by atoms with E-state index in [4.69, 9.17) is 4.74 Å². The molecule has 0 unspecified atom stereocenters. The molecule has 0 aliphatic heterocycles. The van der Waals surface area contributed by atoms with Crippen molar-refractivity contribution in [3.05, 3.63) is 66.1 Å². The molecule has 6 nitrogen and oxygen atoms in total. The molecule has 2 heterocycles. The second-order valence-electron chi connectivity index (χ2n) is 4.76. The Kier molecular flexibility index (Phi) is 4.19. The highest BCUT2D eigenvalue weighted by molar-refractivity contribution is 6.02. The van der Waals surface area contributed by atoms with Gasteiger partial charge in [0.25, 0.3) is 5.91 Å². The highest BCUT2D eigenvalue weighted by atomic mass is 19.1. The molecule has 8 heteroatoms. The number of para-hydroxylation sites is 1. The van der Waals surface area contributed by atoms with Crippen molar-refractivity contribution in [2.24, 2.45) is 0 Å². The van der Waals surface area contributed by atoms with E-state index in [9.17, 15) is 13.6 Å². The van der Waals surface area contributed by atoms with Crippen LogP contribution in [-0.2, 0) is 0 Å². The van der Waals surface area contributed by atoms with Crippen LogP contribution < -0.4 is 10.1 Å². The topological polar surface area (TPSA) is 69.0 Å². The minimum atomic E-state index is -0.774. The van der Waals surface area contributed by atoms with Gasteiger partial charge in [0.1, 0.15) is 5.69 Å². The molecule has 0 aliphatic carbocycles. The minimum Gasteiger partial charge on any atom is -0.481 e. The van der Waals surface area contributed by atoms with E-state index in [0.717, 1.165) is 16.8 Å². The van der Waals surface area contributed by atoms with Crippen molar-refractivity contribution in [1.82, 2.24) is 14.8 Å². The molecule has 0 atom stereocenters. The predicted molar refractivity (Wildman–Crippen MR) is 82.2 cm³/mol. The molecule has 3 aromatic rings. The first-order chi connectivity index (χ1) is 11.6. The maximum Gasteiger partial charge on any atom is 0.276 e. The zero-order valence-electron chi connectivity index (χ0n) is 12.5. The molecule has 122 valence electrons. The molecule has 0 spiro atoms. The average molecular weight is 330 g/mol. The predicted octanol–water partition coefficient (Wildman–Crippen LogP) is 2.81. The van der Waals surface area contributed by atoms with Crippen molar-refractivity contribution in [2.75, 3.05) is 12.4 Å². The van der Waals surface area contributed by atoms with Crippen LogP contribution in [0.2, 0.25) is 0 Å². The number of carbonyl (C=O) groups is 1. The van der Waals surface area contributed by atoms with Gasteiger partial charge in [0, 0.05) is 12.3 Å². The number of nitrogens with zero attached hydrogens (tertiary/aromatic N) is 3. The molecule has 2 aromatic heterocycles. The molecular formula is C16H12F2N4O2. The number of amides is 1. The lowest BCUT2D eigenvalue weighted by molar-refractivity contribution is 0.102. The number of halogens is 2. The minimum absolute atomic E-state index is 0.00784. The lowest BCUT2D eigenvalue weighted by atomic mass is 10.3.